The van der Waals surface area contributed by atoms with Crippen molar-refractivity contribution in [2.24, 2.45) is 17.8 Å². The lowest BCUT2D eigenvalue weighted by Crippen LogP contribution is -2.46. The van der Waals surface area contributed by atoms with E-state index in [1.165, 1.54) is 0 Å². The first-order valence-corrected chi connectivity index (χ1v) is 8.29. The minimum absolute atomic E-state index is 0.0797. The highest BCUT2D eigenvalue weighted by molar-refractivity contribution is 5.79. The summed E-state index contributed by atoms with van der Waals surface area (Å²) in [6, 6.07) is 0.0797. The zero-order valence-corrected chi connectivity index (χ0v) is 12.7. The van der Waals surface area contributed by atoms with Gasteiger partial charge in [0.05, 0.1) is 5.92 Å². The fraction of sp³-hybridized carbons (Fsp3) is 0.938. The van der Waals surface area contributed by atoms with Crippen LogP contribution in [-0.4, -0.2) is 18.1 Å². The van der Waals surface area contributed by atoms with E-state index in [9.17, 15) is 18.0 Å². The first-order valence-electron chi connectivity index (χ1n) is 8.29. The van der Waals surface area contributed by atoms with E-state index in [0.717, 1.165) is 44.4 Å². The molecule has 2 atom stereocenters. The van der Waals surface area contributed by atoms with Crippen LogP contribution in [0.5, 0.6) is 0 Å². The van der Waals surface area contributed by atoms with E-state index in [1.54, 1.807) is 0 Å². The zero-order valence-electron chi connectivity index (χ0n) is 12.7. The van der Waals surface area contributed by atoms with Crippen molar-refractivity contribution in [3.8, 4) is 0 Å². The Kier molecular flexibility index (Phi) is 5.55. The Morgan fingerprint density at radius 2 is 1.67 bits per heavy atom. The number of amides is 1. The van der Waals surface area contributed by atoms with Gasteiger partial charge in [-0.3, -0.25) is 4.79 Å². The fourth-order valence-corrected chi connectivity index (χ4v) is 3.86. The molecular formula is C16H26F3NO. The second-order valence-corrected chi connectivity index (χ2v) is 6.67. The maximum Gasteiger partial charge on any atom is 0.392 e. The minimum atomic E-state index is -4.25. The number of carbonyl (C=O) groups excluding carboxylic acids is 1. The summed E-state index contributed by atoms with van der Waals surface area (Å²) in [5.41, 5.74) is 0. The predicted molar refractivity (Wildman–Crippen MR) is 75.7 cm³/mol. The quantitative estimate of drug-likeness (QED) is 0.820. The topological polar surface area (TPSA) is 29.1 Å². The number of carbonyl (C=O) groups is 1. The second-order valence-electron chi connectivity index (χ2n) is 6.67. The number of hydrogen-bond donors (Lipinski definition) is 1. The summed E-state index contributed by atoms with van der Waals surface area (Å²) < 4.78 is 39.1. The van der Waals surface area contributed by atoms with Crippen LogP contribution >= 0.6 is 0 Å². The molecule has 2 saturated carbocycles. The van der Waals surface area contributed by atoms with Gasteiger partial charge in [-0.1, -0.05) is 26.2 Å². The van der Waals surface area contributed by atoms with Crippen molar-refractivity contribution in [1.29, 1.82) is 0 Å². The molecule has 0 unspecified atom stereocenters. The summed E-state index contributed by atoms with van der Waals surface area (Å²) >= 11 is 0. The molecule has 122 valence electrons. The molecule has 2 aliphatic rings. The normalized spacial score (nSPS) is 34.5. The molecule has 0 heterocycles. The molecule has 0 radical (unpaired) electrons. The molecule has 1 amide bonds. The number of nitrogens with one attached hydrogen (secondary N) is 1. The molecule has 0 saturated heterocycles. The van der Waals surface area contributed by atoms with Crippen LogP contribution in [0.2, 0.25) is 0 Å². The van der Waals surface area contributed by atoms with Gasteiger partial charge in [-0.15, -0.1) is 0 Å². The van der Waals surface area contributed by atoms with Crippen LogP contribution in [0, 0.1) is 17.8 Å². The van der Waals surface area contributed by atoms with Gasteiger partial charge in [0.15, 0.2) is 0 Å². The monoisotopic (exact) mass is 305 g/mol. The highest BCUT2D eigenvalue weighted by Crippen LogP contribution is 2.41. The fourth-order valence-electron chi connectivity index (χ4n) is 3.86. The summed E-state index contributed by atoms with van der Waals surface area (Å²) in [5, 5.41) is 2.90. The Hall–Kier alpha value is -0.740. The maximum atomic E-state index is 13.0. The first kappa shape index (κ1) is 16.6. The molecule has 21 heavy (non-hydrogen) atoms. The third-order valence-corrected chi connectivity index (χ3v) is 5.29. The lowest BCUT2D eigenvalue weighted by atomic mass is 9.77. The first-order chi connectivity index (χ1) is 9.91. The van der Waals surface area contributed by atoms with E-state index in [2.05, 4.69) is 12.2 Å². The number of hydrogen-bond acceptors (Lipinski definition) is 1. The Bertz CT molecular complexity index is 348. The largest absolute Gasteiger partial charge is 0.392 e. The predicted octanol–water partition coefficient (Wildman–Crippen LogP) is 4.44. The zero-order chi connectivity index (χ0) is 15.5. The van der Waals surface area contributed by atoms with Gasteiger partial charge in [-0.2, -0.15) is 13.2 Å². The Balaban J connectivity index is 1.89. The van der Waals surface area contributed by atoms with Gasteiger partial charge in [-0.05, 0) is 44.4 Å². The third kappa shape index (κ3) is 4.36. The van der Waals surface area contributed by atoms with Gasteiger partial charge in [0.25, 0.3) is 0 Å². The van der Waals surface area contributed by atoms with E-state index in [-0.39, 0.29) is 18.4 Å². The van der Waals surface area contributed by atoms with Crippen molar-refractivity contribution in [1.82, 2.24) is 5.32 Å². The van der Waals surface area contributed by atoms with E-state index >= 15 is 0 Å². The Labute approximate surface area is 124 Å². The molecular weight excluding hydrogens is 279 g/mol. The molecule has 0 aromatic carbocycles. The van der Waals surface area contributed by atoms with Crippen LogP contribution < -0.4 is 5.32 Å². The van der Waals surface area contributed by atoms with E-state index in [0.29, 0.717) is 12.8 Å². The molecule has 2 aliphatic carbocycles. The summed E-state index contributed by atoms with van der Waals surface area (Å²) in [4.78, 5) is 12.3. The van der Waals surface area contributed by atoms with Crippen molar-refractivity contribution in [3.05, 3.63) is 0 Å². The molecule has 5 heteroatoms. The highest BCUT2D eigenvalue weighted by atomic mass is 19.4. The van der Waals surface area contributed by atoms with Crippen molar-refractivity contribution in [2.75, 3.05) is 0 Å². The van der Waals surface area contributed by atoms with Crippen molar-refractivity contribution >= 4 is 5.91 Å². The molecule has 0 spiro atoms. The van der Waals surface area contributed by atoms with E-state index in [4.69, 9.17) is 0 Å². The van der Waals surface area contributed by atoms with Crippen molar-refractivity contribution in [2.45, 2.75) is 76.9 Å². The lowest BCUT2D eigenvalue weighted by Gasteiger charge is -2.34. The van der Waals surface area contributed by atoms with Crippen LogP contribution in [0.1, 0.15) is 64.7 Å². The van der Waals surface area contributed by atoms with Crippen LogP contribution in [-0.2, 0) is 4.79 Å². The Morgan fingerprint density at radius 1 is 1.05 bits per heavy atom. The third-order valence-electron chi connectivity index (χ3n) is 5.29. The van der Waals surface area contributed by atoms with E-state index < -0.39 is 18.0 Å². The smallest absolute Gasteiger partial charge is 0.353 e. The van der Waals surface area contributed by atoms with Crippen molar-refractivity contribution in [3.63, 3.8) is 0 Å². The summed E-state index contributed by atoms with van der Waals surface area (Å²) in [6.07, 6.45) is 2.67. The molecule has 2 nitrogen and oxygen atoms in total. The molecule has 2 rings (SSSR count). The molecule has 0 aliphatic heterocycles. The maximum absolute atomic E-state index is 13.0. The van der Waals surface area contributed by atoms with Gasteiger partial charge in [-0.25, -0.2) is 0 Å². The van der Waals surface area contributed by atoms with E-state index in [1.807, 2.05) is 0 Å². The van der Waals surface area contributed by atoms with Gasteiger partial charge < -0.3 is 5.32 Å². The van der Waals surface area contributed by atoms with Crippen LogP contribution in [0.25, 0.3) is 0 Å². The standard InChI is InChI=1S/C16H26F3NO/c1-2-11-7-9-12(10-8-11)20-15(21)13-5-3-4-6-14(13)16(17,18)19/h11-14H,2-10H2,1H3,(H,20,21)/t11?,12?,13-,14-/m0/s1. The second kappa shape index (κ2) is 7.01. The van der Waals surface area contributed by atoms with Gasteiger partial charge in [0.1, 0.15) is 0 Å². The summed E-state index contributed by atoms with van der Waals surface area (Å²) in [6.45, 7) is 2.17. The van der Waals surface area contributed by atoms with Gasteiger partial charge >= 0.3 is 6.18 Å². The average molecular weight is 305 g/mol. The average Bonchev–Trinajstić information content (AvgIpc) is 2.47. The number of alkyl halides is 3. The van der Waals surface area contributed by atoms with Crippen LogP contribution in [0.3, 0.4) is 0 Å². The molecule has 2 fully saturated rings. The summed E-state index contributed by atoms with van der Waals surface area (Å²) in [5.74, 6) is -1.96. The summed E-state index contributed by atoms with van der Waals surface area (Å²) in [7, 11) is 0. The SMILES string of the molecule is CCC1CCC(NC(=O)[C@H]2CCCC[C@@H]2C(F)(F)F)CC1. The molecule has 0 bridgehead atoms. The highest BCUT2D eigenvalue weighted by Gasteiger charge is 2.48. The van der Waals surface area contributed by atoms with Gasteiger partial charge in [0.2, 0.25) is 5.91 Å². The minimum Gasteiger partial charge on any atom is -0.353 e. The van der Waals surface area contributed by atoms with Crippen LogP contribution in [0.4, 0.5) is 13.2 Å². The number of halogens is 3. The molecule has 0 aromatic heterocycles. The molecule has 1 N–H and O–H groups in total. The number of rotatable bonds is 3. The molecule has 0 aromatic rings. The lowest BCUT2D eigenvalue weighted by molar-refractivity contribution is -0.198. The van der Waals surface area contributed by atoms with Gasteiger partial charge in [0, 0.05) is 12.0 Å². The van der Waals surface area contributed by atoms with Crippen molar-refractivity contribution < 1.29 is 18.0 Å². The Morgan fingerprint density at radius 3 is 2.24 bits per heavy atom. The van der Waals surface area contributed by atoms with Crippen LogP contribution in [0.15, 0.2) is 0 Å².